The highest BCUT2D eigenvalue weighted by atomic mass is 16.3. The number of aliphatic imine (C=N–C) groups is 1. The maximum absolute atomic E-state index is 9.55. The molecule has 1 N–H and O–H groups in total. The Balaban J connectivity index is 1.26. The maximum atomic E-state index is 9.55. The fourth-order valence-electron chi connectivity index (χ4n) is 6.65. The molecule has 1 aliphatic heterocycles. The first kappa shape index (κ1) is 24.5. The van der Waals surface area contributed by atoms with Crippen LogP contribution in [-0.4, -0.2) is 10.3 Å². The zero-order valence-corrected chi connectivity index (χ0v) is 23.5. The van der Waals surface area contributed by atoms with E-state index in [4.69, 9.17) is 9.41 Å². The fraction of sp³-hybridized carbons (Fsp3) is 0.0256. The Labute approximate surface area is 252 Å². The van der Waals surface area contributed by atoms with Crippen molar-refractivity contribution in [3.05, 3.63) is 156 Å². The van der Waals surface area contributed by atoms with Crippen LogP contribution in [0.2, 0.25) is 0 Å². The van der Waals surface area contributed by atoms with Gasteiger partial charge in [0.2, 0.25) is 0 Å². The predicted octanol–water partition coefficient (Wildman–Crippen LogP) is 9.52. The Bertz CT molecular complexity index is 2510. The second-order valence-corrected chi connectivity index (χ2v) is 11.1. The van der Waals surface area contributed by atoms with Crippen LogP contribution in [0.5, 0.6) is 0 Å². The second kappa shape index (κ2) is 9.45. The van der Waals surface area contributed by atoms with Gasteiger partial charge in [-0.3, -0.25) is 4.99 Å². The Morgan fingerprint density at radius 1 is 0.705 bits per heavy atom. The van der Waals surface area contributed by atoms with Crippen LogP contribution in [0.15, 0.2) is 143 Å². The molecule has 2 aromatic heterocycles. The third kappa shape index (κ3) is 3.62. The number of benzene rings is 6. The van der Waals surface area contributed by atoms with Gasteiger partial charge in [-0.05, 0) is 54.1 Å². The minimum atomic E-state index is -0.315. The van der Waals surface area contributed by atoms with E-state index in [1.54, 1.807) is 0 Å². The van der Waals surface area contributed by atoms with Crippen LogP contribution in [0.1, 0.15) is 28.4 Å². The van der Waals surface area contributed by atoms with Gasteiger partial charge in [0.05, 0.1) is 28.4 Å². The van der Waals surface area contributed by atoms with Crippen molar-refractivity contribution in [2.24, 2.45) is 4.99 Å². The van der Waals surface area contributed by atoms with Crippen molar-refractivity contribution in [2.75, 3.05) is 5.32 Å². The molecular weight excluding hydrogens is 540 g/mol. The number of furan rings is 1. The van der Waals surface area contributed by atoms with Gasteiger partial charge >= 0.3 is 0 Å². The molecule has 8 aromatic rings. The molecule has 0 fully saturated rings. The summed E-state index contributed by atoms with van der Waals surface area (Å²) in [6.07, 6.45) is -0.315. The summed E-state index contributed by atoms with van der Waals surface area (Å²) < 4.78 is 8.86. The number of anilines is 1. The molecule has 0 saturated heterocycles. The van der Waals surface area contributed by atoms with Gasteiger partial charge in [-0.2, -0.15) is 5.26 Å². The van der Waals surface area contributed by atoms with E-state index in [1.807, 2.05) is 48.5 Å². The normalized spacial score (nSPS) is 14.4. The van der Waals surface area contributed by atoms with E-state index in [0.717, 1.165) is 72.1 Å². The van der Waals surface area contributed by atoms with Crippen molar-refractivity contribution in [3.63, 3.8) is 0 Å². The van der Waals surface area contributed by atoms with Crippen molar-refractivity contribution < 1.29 is 4.42 Å². The maximum Gasteiger partial charge on any atom is 0.160 e. The summed E-state index contributed by atoms with van der Waals surface area (Å²) in [5, 5.41) is 17.8. The lowest BCUT2D eigenvalue weighted by atomic mass is 9.96. The van der Waals surface area contributed by atoms with Gasteiger partial charge in [0.15, 0.2) is 5.58 Å². The van der Waals surface area contributed by atoms with Gasteiger partial charge in [-0.1, -0.05) is 84.9 Å². The summed E-state index contributed by atoms with van der Waals surface area (Å²) in [4.78, 5) is 5.23. The molecule has 5 heteroatoms. The number of nitrogens with zero attached hydrogens (tertiary/aromatic N) is 3. The van der Waals surface area contributed by atoms with E-state index >= 15 is 0 Å². The molecule has 9 rings (SSSR count). The molecule has 0 aliphatic carbocycles. The second-order valence-electron chi connectivity index (χ2n) is 11.1. The van der Waals surface area contributed by atoms with Crippen molar-refractivity contribution in [2.45, 2.75) is 6.17 Å². The Hall–Kier alpha value is -6.12. The first-order valence-corrected chi connectivity index (χ1v) is 14.6. The summed E-state index contributed by atoms with van der Waals surface area (Å²) in [7, 11) is 0. The summed E-state index contributed by atoms with van der Waals surface area (Å²) in [6.45, 7) is 0. The third-order valence-electron chi connectivity index (χ3n) is 8.62. The van der Waals surface area contributed by atoms with Crippen LogP contribution < -0.4 is 5.32 Å². The molecule has 6 aromatic carbocycles. The number of hydrogen-bond donors (Lipinski definition) is 1. The standard InChI is InChI=1S/C39H24N4O/c40-23-24-9-7-10-25(21-24)36-32-15-1-4-16-33(32)41-39(42-36)26-11-8-12-27(22-26)43-34-17-5-2-13-28(34)30-19-20-31-29-14-3-6-18-35(29)44-38(31)37(30)43/h1-22,39,41H. The lowest BCUT2D eigenvalue weighted by molar-refractivity contribution is 0.671. The third-order valence-corrected chi connectivity index (χ3v) is 8.62. The van der Waals surface area contributed by atoms with E-state index < -0.39 is 0 Å². The van der Waals surface area contributed by atoms with Gasteiger partial charge in [0, 0.05) is 44.0 Å². The van der Waals surface area contributed by atoms with E-state index in [2.05, 4.69) is 101 Å². The van der Waals surface area contributed by atoms with Gasteiger partial charge in [0.1, 0.15) is 11.7 Å². The molecule has 5 nitrogen and oxygen atoms in total. The van der Waals surface area contributed by atoms with E-state index in [1.165, 1.54) is 5.39 Å². The van der Waals surface area contributed by atoms with Crippen molar-refractivity contribution in [1.29, 1.82) is 5.26 Å². The smallest absolute Gasteiger partial charge is 0.160 e. The van der Waals surface area contributed by atoms with E-state index in [0.29, 0.717) is 5.56 Å². The number of para-hydroxylation sites is 3. The largest absolute Gasteiger partial charge is 0.454 e. The number of aromatic nitrogens is 1. The molecule has 0 saturated carbocycles. The summed E-state index contributed by atoms with van der Waals surface area (Å²) in [5.41, 5.74) is 10.4. The highest BCUT2D eigenvalue weighted by molar-refractivity contribution is 6.21. The lowest BCUT2D eigenvalue weighted by Crippen LogP contribution is -2.20. The van der Waals surface area contributed by atoms with Gasteiger partial charge in [-0.15, -0.1) is 0 Å². The van der Waals surface area contributed by atoms with Gasteiger partial charge < -0.3 is 14.3 Å². The first-order chi connectivity index (χ1) is 21.8. The molecule has 0 amide bonds. The zero-order chi connectivity index (χ0) is 29.2. The Morgan fingerprint density at radius 2 is 1.50 bits per heavy atom. The Kier molecular flexibility index (Phi) is 5.26. The quantitative estimate of drug-likeness (QED) is 0.232. The number of nitriles is 1. The minimum Gasteiger partial charge on any atom is -0.454 e. The number of nitrogens with one attached hydrogen (secondary N) is 1. The molecular formula is C39H24N4O. The van der Waals surface area contributed by atoms with E-state index in [9.17, 15) is 5.26 Å². The molecule has 1 atom stereocenters. The number of fused-ring (bicyclic) bond motifs is 8. The average molecular weight is 565 g/mol. The number of hydrogen-bond acceptors (Lipinski definition) is 4. The molecule has 0 spiro atoms. The highest BCUT2D eigenvalue weighted by Gasteiger charge is 2.24. The predicted molar refractivity (Wildman–Crippen MR) is 178 cm³/mol. The summed E-state index contributed by atoms with van der Waals surface area (Å²) >= 11 is 0. The molecule has 3 heterocycles. The topological polar surface area (TPSA) is 66.2 Å². The zero-order valence-electron chi connectivity index (χ0n) is 23.5. The SMILES string of the molecule is N#Cc1cccc(C2=NC(c3cccc(-n4c5ccccc5c5ccc6c7ccccc7oc6c54)c3)Nc3ccccc32)c1. The lowest BCUT2D eigenvalue weighted by Gasteiger charge is -2.26. The van der Waals surface area contributed by atoms with Crippen LogP contribution in [-0.2, 0) is 0 Å². The van der Waals surface area contributed by atoms with Crippen LogP contribution in [0.3, 0.4) is 0 Å². The molecule has 0 radical (unpaired) electrons. The van der Waals surface area contributed by atoms with Gasteiger partial charge in [0.25, 0.3) is 0 Å². The van der Waals surface area contributed by atoms with Crippen LogP contribution in [0.25, 0.3) is 49.4 Å². The van der Waals surface area contributed by atoms with Crippen molar-refractivity contribution >= 4 is 55.1 Å². The number of rotatable bonds is 3. The van der Waals surface area contributed by atoms with Crippen LogP contribution in [0, 0.1) is 11.3 Å². The fourth-order valence-corrected chi connectivity index (χ4v) is 6.65. The van der Waals surface area contributed by atoms with Crippen LogP contribution in [0.4, 0.5) is 5.69 Å². The molecule has 1 aliphatic rings. The van der Waals surface area contributed by atoms with Crippen molar-refractivity contribution in [1.82, 2.24) is 4.57 Å². The van der Waals surface area contributed by atoms with Crippen LogP contribution >= 0.6 is 0 Å². The van der Waals surface area contributed by atoms with Gasteiger partial charge in [-0.25, -0.2) is 0 Å². The van der Waals surface area contributed by atoms with Crippen molar-refractivity contribution in [3.8, 4) is 11.8 Å². The molecule has 206 valence electrons. The first-order valence-electron chi connectivity index (χ1n) is 14.6. The minimum absolute atomic E-state index is 0.315. The molecule has 44 heavy (non-hydrogen) atoms. The summed E-state index contributed by atoms with van der Waals surface area (Å²) in [6, 6.07) is 47.9. The summed E-state index contributed by atoms with van der Waals surface area (Å²) in [5.74, 6) is 0. The highest BCUT2D eigenvalue weighted by Crippen LogP contribution is 2.41. The average Bonchev–Trinajstić information content (AvgIpc) is 3.64. The van der Waals surface area contributed by atoms with E-state index in [-0.39, 0.29) is 6.17 Å². The molecule has 0 bridgehead atoms. The monoisotopic (exact) mass is 564 g/mol. The Morgan fingerprint density at radius 3 is 2.43 bits per heavy atom. The molecule has 1 unspecified atom stereocenters.